The molecule has 1 heterocycles. The number of ether oxygens (including phenoxy) is 1. The Morgan fingerprint density at radius 3 is 2.64 bits per heavy atom. The highest BCUT2D eigenvalue weighted by Crippen LogP contribution is 2.28. The maximum atomic E-state index is 5.79. The molecule has 1 fully saturated rings. The van der Waals surface area contributed by atoms with E-state index in [4.69, 9.17) is 10.5 Å². The monoisotopic (exact) mass is 191 g/mol. The number of hydrogen-bond acceptors (Lipinski definition) is 2. The second-order valence-corrected chi connectivity index (χ2v) is 4.00. The van der Waals surface area contributed by atoms with Crippen molar-refractivity contribution in [2.45, 2.75) is 24.9 Å². The molecule has 0 amide bonds. The van der Waals surface area contributed by atoms with Crippen molar-refractivity contribution in [3.8, 4) is 0 Å². The lowest BCUT2D eigenvalue weighted by Gasteiger charge is -2.26. The molecule has 1 unspecified atom stereocenters. The molecule has 14 heavy (non-hydrogen) atoms. The maximum absolute atomic E-state index is 5.79. The van der Waals surface area contributed by atoms with Crippen LogP contribution in [0.2, 0.25) is 0 Å². The predicted octanol–water partition coefficient (Wildman–Crippen LogP) is 1.74. The van der Waals surface area contributed by atoms with Gasteiger partial charge >= 0.3 is 0 Å². The highest BCUT2D eigenvalue weighted by molar-refractivity contribution is 5.17. The summed E-state index contributed by atoms with van der Waals surface area (Å²) in [4.78, 5) is 0. The molecule has 0 bridgehead atoms. The quantitative estimate of drug-likeness (QED) is 0.789. The van der Waals surface area contributed by atoms with Gasteiger partial charge in [0.1, 0.15) is 0 Å². The number of rotatable bonds is 3. The summed E-state index contributed by atoms with van der Waals surface area (Å²) in [6, 6.07) is 10.4. The van der Waals surface area contributed by atoms with E-state index in [2.05, 4.69) is 24.3 Å². The van der Waals surface area contributed by atoms with Crippen LogP contribution in [0.1, 0.15) is 18.4 Å². The minimum Gasteiger partial charge on any atom is -0.373 e. The molecule has 1 saturated heterocycles. The molecule has 0 radical (unpaired) electrons. The summed E-state index contributed by atoms with van der Waals surface area (Å²) in [5.41, 5.74) is 7.03. The molecule has 1 aliphatic heterocycles. The highest BCUT2D eigenvalue weighted by atomic mass is 16.5. The Balaban J connectivity index is 2.08. The molecule has 0 saturated carbocycles. The van der Waals surface area contributed by atoms with Crippen LogP contribution in [0.3, 0.4) is 0 Å². The summed E-state index contributed by atoms with van der Waals surface area (Å²) in [5, 5.41) is 0. The van der Waals surface area contributed by atoms with Gasteiger partial charge in [-0.25, -0.2) is 0 Å². The van der Waals surface area contributed by atoms with Gasteiger partial charge < -0.3 is 10.5 Å². The number of nitrogens with two attached hydrogens (primary N) is 1. The van der Waals surface area contributed by atoms with Crippen LogP contribution in [-0.4, -0.2) is 18.8 Å². The van der Waals surface area contributed by atoms with E-state index >= 15 is 0 Å². The molecule has 2 heteroatoms. The number of benzene rings is 1. The van der Waals surface area contributed by atoms with Crippen LogP contribution >= 0.6 is 0 Å². The van der Waals surface area contributed by atoms with Gasteiger partial charge in [-0.1, -0.05) is 30.3 Å². The highest BCUT2D eigenvalue weighted by Gasteiger charge is 2.33. The van der Waals surface area contributed by atoms with Crippen molar-refractivity contribution in [1.82, 2.24) is 0 Å². The minimum absolute atomic E-state index is 0.0820. The van der Waals surface area contributed by atoms with Crippen LogP contribution in [0.15, 0.2) is 30.3 Å². The second kappa shape index (κ2) is 4.11. The smallest absolute Gasteiger partial charge is 0.0845 e. The molecule has 1 aromatic carbocycles. The molecule has 76 valence electrons. The molecule has 1 aliphatic rings. The third-order valence-corrected chi connectivity index (χ3v) is 2.93. The average molecular weight is 191 g/mol. The Hall–Kier alpha value is -0.860. The van der Waals surface area contributed by atoms with Crippen molar-refractivity contribution < 1.29 is 4.74 Å². The topological polar surface area (TPSA) is 35.2 Å². The normalized spacial score (nSPS) is 26.6. The first-order valence-electron chi connectivity index (χ1n) is 5.23. The summed E-state index contributed by atoms with van der Waals surface area (Å²) in [6.07, 6.45) is 3.19. The van der Waals surface area contributed by atoms with Gasteiger partial charge in [-0.2, -0.15) is 0 Å². The van der Waals surface area contributed by atoms with Gasteiger partial charge in [0.2, 0.25) is 0 Å². The van der Waals surface area contributed by atoms with E-state index in [1.807, 2.05) is 6.07 Å². The molecule has 2 N–H and O–H groups in total. The van der Waals surface area contributed by atoms with Crippen LogP contribution in [-0.2, 0) is 11.2 Å². The van der Waals surface area contributed by atoms with Crippen LogP contribution in [0.5, 0.6) is 0 Å². The van der Waals surface area contributed by atoms with Gasteiger partial charge in [0.05, 0.1) is 5.60 Å². The van der Waals surface area contributed by atoms with E-state index in [1.165, 1.54) is 5.56 Å². The molecule has 0 spiro atoms. The van der Waals surface area contributed by atoms with Crippen molar-refractivity contribution in [2.24, 2.45) is 5.73 Å². The van der Waals surface area contributed by atoms with Crippen LogP contribution in [0, 0.1) is 0 Å². The van der Waals surface area contributed by atoms with Gasteiger partial charge in [-0.15, -0.1) is 0 Å². The van der Waals surface area contributed by atoms with E-state index in [9.17, 15) is 0 Å². The standard InChI is InChI=1S/C12H17NO/c13-10-12(7-4-8-14-12)9-11-5-2-1-3-6-11/h1-3,5-6H,4,7-10,13H2. The molecule has 0 aliphatic carbocycles. The van der Waals surface area contributed by atoms with E-state index < -0.39 is 0 Å². The lowest BCUT2D eigenvalue weighted by Crippen LogP contribution is -2.39. The first kappa shape index (κ1) is 9.69. The second-order valence-electron chi connectivity index (χ2n) is 4.00. The molecular formula is C12H17NO. The van der Waals surface area contributed by atoms with Crippen molar-refractivity contribution in [2.75, 3.05) is 13.2 Å². The summed E-state index contributed by atoms with van der Waals surface area (Å²) < 4.78 is 5.77. The first-order chi connectivity index (χ1) is 6.85. The lowest BCUT2D eigenvalue weighted by atomic mass is 9.92. The largest absolute Gasteiger partial charge is 0.373 e. The third kappa shape index (κ3) is 1.97. The molecule has 0 aromatic heterocycles. The van der Waals surface area contributed by atoms with Crippen molar-refractivity contribution in [3.63, 3.8) is 0 Å². The Morgan fingerprint density at radius 1 is 1.29 bits per heavy atom. The average Bonchev–Trinajstić information content (AvgIpc) is 2.69. The zero-order chi connectivity index (χ0) is 9.86. The van der Waals surface area contributed by atoms with Crippen LogP contribution in [0.25, 0.3) is 0 Å². The Bertz CT molecular complexity index is 278. The van der Waals surface area contributed by atoms with Crippen molar-refractivity contribution >= 4 is 0 Å². The Kier molecular flexibility index (Phi) is 2.85. The van der Waals surface area contributed by atoms with Crippen molar-refractivity contribution in [1.29, 1.82) is 0 Å². The Labute approximate surface area is 85.1 Å². The van der Waals surface area contributed by atoms with E-state index in [1.54, 1.807) is 0 Å². The van der Waals surface area contributed by atoms with Crippen LogP contribution < -0.4 is 5.73 Å². The van der Waals surface area contributed by atoms with Gasteiger partial charge in [0.25, 0.3) is 0 Å². The van der Waals surface area contributed by atoms with Crippen LogP contribution in [0.4, 0.5) is 0 Å². The predicted molar refractivity (Wildman–Crippen MR) is 57.1 cm³/mol. The summed E-state index contributed by atoms with van der Waals surface area (Å²) in [5.74, 6) is 0. The third-order valence-electron chi connectivity index (χ3n) is 2.93. The fraction of sp³-hybridized carbons (Fsp3) is 0.500. The molecular weight excluding hydrogens is 174 g/mol. The Morgan fingerprint density at radius 2 is 2.07 bits per heavy atom. The molecule has 1 aromatic rings. The molecule has 2 nitrogen and oxygen atoms in total. The minimum atomic E-state index is -0.0820. The first-order valence-corrected chi connectivity index (χ1v) is 5.23. The van der Waals surface area contributed by atoms with E-state index in [0.717, 1.165) is 25.9 Å². The van der Waals surface area contributed by atoms with Gasteiger partial charge in [-0.05, 0) is 18.4 Å². The lowest BCUT2D eigenvalue weighted by molar-refractivity contribution is 0.0122. The number of hydrogen-bond donors (Lipinski definition) is 1. The summed E-state index contributed by atoms with van der Waals surface area (Å²) in [7, 11) is 0. The summed E-state index contributed by atoms with van der Waals surface area (Å²) >= 11 is 0. The maximum Gasteiger partial charge on any atom is 0.0845 e. The van der Waals surface area contributed by atoms with E-state index in [-0.39, 0.29) is 5.60 Å². The van der Waals surface area contributed by atoms with E-state index in [0.29, 0.717) is 6.54 Å². The van der Waals surface area contributed by atoms with Crippen molar-refractivity contribution in [3.05, 3.63) is 35.9 Å². The van der Waals surface area contributed by atoms with Gasteiger partial charge in [0.15, 0.2) is 0 Å². The molecule has 2 rings (SSSR count). The zero-order valence-electron chi connectivity index (χ0n) is 8.41. The SMILES string of the molecule is NCC1(Cc2ccccc2)CCCO1. The van der Waals surface area contributed by atoms with Gasteiger partial charge in [0, 0.05) is 19.6 Å². The fourth-order valence-corrected chi connectivity index (χ4v) is 2.10. The summed E-state index contributed by atoms with van der Waals surface area (Å²) in [6.45, 7) is 1.49. The zero-order valence-corrected chi connectivity index (χ0v) is 8.41. The fourth-order valence-electron chi connectivity index (χ4n) is 2.10. The molecule has 1 atom stereocenters. The van der Waals surface area contributed by atoms with Gasteiger partial charge in [-0.3, -0.25) is 0 Å².